The molecule has 4 rings (SSSR count). The highest BCUT2D eigenvalue weighted by Gasteiger charge is 2.15. The summed E-state index contributed by atoms with van der Waals surface area (Å²) >= 11 is 1.54. The molecule has 0 aliphatic carbocycles. The molecule has 0 radical (unpaired) electrons. The molecule has 5 nitrogen and oxygen atoms in total. The Hall–Kier alpha value is -4.62. The number of anilines is 1. The molecule has 0 fully saturated rings. The largest absolute Gasteiger partial charge is 0.321 e. The Labute approximate surface area is 211 Å². The maximum atomic E-state index is 13.3. The molecule has 1 heterocycles. The van der Waals surface area contributed by atoms with Crippen LogP contribution in [0.5, 0.6) is 0 Å². The van der Waals surface area contributed by atoms with Crippen LogP contribution in [0.3, 0.4) is 0 Å². The molecule has 3 aromatic carbocycles. The van der Waals surface area contributed by atoms with E-state index in [1.165, 1.54) is 47.8 Å². The minimum atomic E-state index is -0.569. The van der Waals surface area contributed by atoms with Crippen LogP contribution in [0.1, 0.15) is 31.2 Å². The predicted octanol–water partition coefficient (Wildman–Crippen LogP) is 6.19. The highest BCUT2D eigenvalue weighted by atomic mass is 32.1. The van der Waals surface area contributed by atoms with Gasteiger partial charge in [0.25, 0.3) is 11.8 Å². The number of hydrogen-bond donors (Lipinski definition) is 2. The van der Waals surface area contributed by atoms with Crippen LogP contribution in [0.15, 0.2) is 108 Å². The van der Waals surface area contributed by atoms with Crippen LogP contribution in [0.4, 0.5) is 10.1 Å². The summed E-state index contributed by atoms with van der Waals surface area (Å²) in [5, 5.41) is 7.29. The number of amides is 2. The van der Waals surface area contributed by atoms with E-state index in [-0.39, 0.29) is 11.5 Å². The molecule has 4 aromatic rings. The monoisotopic (exact) mass is 496 g/mol. The molecule has 0 bridgehead atoms. The third-order valence-electron chi connectivity index (χ3n) is 5.08. The Balaban J connectivity index is 1.50. The number of carbonyl (C=O) groups is 3. The summed E-state index contributed by atoms with van der Waals surface area (Å²) in [6.07, 6.45) is 4.72. The SMILES string of the molecule is O=C(Nc1ccc(C(=O)/C=C/c2cccs2)cc1)/C(=C/c1ccc(F)cc1)NC(=O)c1ccccc1. The smallest absolute Gasteiger partial charge is 0.272 e. The molecule has 36 heavy (non-hydrogen) atoms. The van der Waals surface area contributed by atoms with Crippen LogP contribution < -0.4 is 10.6 Å². The summed E-state index contributed by atoms with van der Waals surface area (Å²) in [6, 6.07) is 24.3. The Morgan fingerprint density at radius 1 is 0.778 bits per heavy atom. The van der Waals surface area contributed by atoms with E-state index in [1.54, 1.807) is 60.7 Å². The van der Waals surface area contributed by atoms with Gasteiger partial charge in [-0.05, 0) is 83.8 Å². The highest BCUT2D eigenvalue weighted by molar-refractivity contribution is 7.10. The van der Waals surface area contributed by atoms with Crippen molar-refractivity contribution in [2.45, 2.75) is 0 Å². The van der Waals surface area contributed by atoms with Crippen LogP contribution in [0.25, 0.3) is 12.2 Å². The van der Waals surface area contributed by atoms with Gasteiger partial charge in [-0.25, -0.2) is 4.39 Å². The van der Waals surface area contributed by atoms with Crippen LogP contribution in [-0.2, 0) is 4.79 Å². The second kappa shape index (κ2) is 11.7. The second-order valence-electron chi connectivity index (χ2n) is 7.67. The summed E-state index contributed by atoms with van der Waals surface area (Å²) in [7, 11) is 0. The molecule has 178 valence electrons. The number of hydrogen-bond acceptors (Lipinski definition) is 4. The van der Waals surface area contributed by atoms with Crippen molar-refractivity contribution in [3.8, 4) is 0 Å². The van der Waals surface area contributed by atoms with Gasteiger partial charge in [0.2, 0.25) is 0 Å². The zero-order chi connectivity index (χ0) is 25.3. The van der Waals surface area contributed by atoms with Crippen molar-refractivity contribution in [1.82, 2.24) is 5.32 Å². The van der Waals surface area contributed by atoms with E-state index in [9.17, 15) is 18.8 Å². The average Bonchev–Trinajstić information content (AvgIpc) is 3.43. The molecule has 0 spiro atoms. The number of thiophene rings is 1. The van der Waals surface area contributed by atoms with Crippen molar-refractivity contribution in [3.63, 3.8) is 0 Å². The summed E-state index contributed by atoms with van der Waals surface area (Å²) in [5.41, 5.74) is 1.81. The molecule has 0 aliphatic heterocycles. The highest BCUT2D eigenvalue weighted by Crippen LogP contribution is 2.15. The molecular formula is C29H21FN2O3S. The van der Waals surface area contributed by atoms with Crippen LogP contribution in [0.2, 0.25) is 0 Å². The molecule has 0 saturated carbocycles. The molecule has 2 N–H and O–H groups in total. The van der Waals surface area contributed by atoms with Gasteiger partial charge >= 0.3 is 0 Å². The lowest BCUT2D eigenvalue weighted by atomic mass is 10.1. The summed E-state index contributed by atoms with van der Waals surface area (Å²) < 4.78 is 13.3. The quantitative estimate of drug-likeness (QED) is 0.226. The Kier molecular flexibility index (Phi) is 7.95. The summed E-state index contributed by atoms with van der Waals surface area (Å²) in [5.74, 6) is -1.60. The molecule has 0 unspecified atom stereocenters. The average molecular weight is 497 g/mol. The number of nitrogens with one attached hydrogen (secondary N) is 2. The van der Waals surface area contributed by atoms with E-state index in [2.05, 4.69) is 10.6 Å². The van der Waals surface area contributed by atoms with E-state index in [1.807, 2.05) is 17.5 Å². The molecule has 1 aromatic heterocycles. The fraction of sp³-hybridized carbons (Fsp3) is 0. The van der Waals surface area contributed by atoms with Crippen molar-refractivity contribution < 1.29 is 18.8 Å². The van der Waals surface area contributed by atoms with Gasteiger partial charge in [0.15, 0.2) is 5.78 Å². The third-order valence-corrected chi connectivity index (χ3v) is 5.92. The molecule has 0 atom stereocenters. The number of benzene rings is 3. The fourth-order valence-electron chi connectivity index (χ4n) is 3.22. The van der Waals surface area contributed by atoms with Gasteiger partial charge in [-0.15, -0.1) is 11.3 Å². The minimum absolute atomic E-state index is 0.0190. The van der Waals surface area contributed by atoms with Crippen LogP contribution in [0, 0.1) is 5.82 Å². The van der Waals surface area contributed by atoms with Crippen LogP contribution >= 0.6 is 11.3 Å². The normalized spacial score (nSPS) is 11.3. The molecule has 0 saturated heterocycles. The number of allylic oxidation sites excluding steroid dienone is 1. The van der Waals surface area contributed by atoms with Gasteiger partial charge in [0.1, 0.15) is 11.5 Å². The number of rotatable bonds is 8. The summed E-state index contributed by atoms with van der Waals surface area (Å²) in [6.45, 7) is 0. The first kappa shape index (κ1) is 24.5. The van der Waals surface area contributed by atoms with Crippen molar-refractivity contribution in [2.24, 2.45) is 0 Å². The first-order valence-corrected chi connectivity index (χ1v) is 11.9. The minimum Gasteiger partial charge on any atom is -0.321 e. The van der Waals surface area contributed by atoms with Gasteiger partial charge in [-0.2, -0.15) is 0 Å². The predicted molar refractivity (Wildman–Crippen MR) is 141 cm³/mol. The molecule has 7 heteroatoms. The van der Waals surface area contributed by atoms with Crippen molar-refractivity contribution >= 4 is 46.8 Å². The first-order chi connectivity index (χ1) is 17.5. The van der Waals surface area contributed by atoms with E-state index >= 15 is 0 Å². The lowest BCUT2D eigenvalue weighted by molar-refractivity contribution is -0.113. The van der Waals surface area contributed by atoms with Crippen molar-refractivity contribution in [2.75, 3.05) is 5.32 Å². The van der Waals surface area contributed by atoms with Crippen molar-refractivity contribution in [1.29, 1.82) is 0 Å². The second-order valence-corrected chi connectivity index (χ2v) is 8.65. The number of carbonyl (C=O) groups excluding carboxylic acids is 3. The fourth-order valence-corrected chi connectivity index (χ4v) is 3.84. The third kappa shape index (κ3) is 6.71. The van der Waals surface area contributed by atoms with E-state index in [0.717, 1.165) is 4.88 Å². The molecule has 0 aliphatic rings. The zero-order valence-electron chi connectivity index (χ0n) is 19.0. The lowest BCUT2D eigenvalue weighted by Crippen LogP contribution is -2.30. The zero-order valence-corrected chi connectivity index (χ0v) is 19.8. The van der Waals surface area contributed by atoms with Gasteiger partial charge in [0, 0.05) is 21.7 Å². The van der Waals surface area contributed by atoms with E-state index in [0.29, 0.717) is 22.4 Å². The Bertz CT molecular complexity index is 1410. The Morgan fingerprint density at radius 3 is 2.17 bits per heavy atom. The van der Waals surface area contributed by atoms with Gasteiger partial charge in [-0.1, -0.05) is 36.4 Å². The van der Waals surface area contributed by atoms with E-state index < -0.39 is 17.6 Å². The molecular weight excluding hydrogens is 475 g/mol. The van der Waals surface area contributed by atoms with Crippen LogP contribution in [-0.4, -0.2) is 17.6 Å². The lowest BCUT2D eigenvalue weighted by Gasteiger charge is -2.12. The van der Waals surface area contributed by atoms with Gasteiger partial charge in [0.05, 0.1) is 0 Å². The topological polar surface area (TPSA) is 75.3 Å². The van der Waals surface area contributed by atoms with Crippen molar-refractivity contribution in [3.05, 3.63) is 136 Å². The maximum absolute atomic E-state index is 13.3. The number of ketones is 1. The first-order valence-electron chi connectivity index (χ1n) is 11.0. The van der Waals surface area contributed by atoms with Gasteiger partial charge in [-0.3, -0.25) is 14.4 Å². The summed E-state index contributed by atoms with van der Waals surface area (Å²) in [4.78, 5) is 39.1. The Morgan fingerprint density at radius 2 is 1.50 bits per heavy atom. The number of halogens is 1. The standard InChI is InChI=1S/C29H21FN2O3S/c30-23-12-8-20(9-13-23)19-26(32-28(34)22-5-2-1-3-6-22)29(35)31-24-14-10-21(11-15-24)27(33)17-16-25-7-4-18-36-25/h1-19H,(H,31,35)(H,32,34)/b17-16+,26-19-. The maximum Gasteiger partial charge on any atom is 0.272 e. The van der Waals surface area contributed by atoms with Gasteiger partial charge < -0.3 is 10.6 Å². The molecule has 2 amide bonds. The van der Waals surface area contributed by atoms with E-state index in [4.69, 9.17) is 0 Å².